The van der Waals surface area contributed by atoms with Crippen LogP contribution in [-0.2, 0) is 6.54 Å². The first-order valence-electron chi connectivity index (χ1n) is 7.99. The lowest BCUT2D eigenvalue weighted by Gasteiger charge is -2.26. The van der Waals surface area contributed by atoms with Crippen LogP contribution in [-0.4, -0.2) is 32.4 Å². The Morgan fingerprint density at radius 1 is 1.13 bits per heavy atom. The molecule has 0 unspecified atom stereocenters. The van der Waals surface area contributed by atoms with Crippen LogP contribution in [0.5, 0.6) is 11.5 Å². The Morgan fingerprint density at radius 3 is 2.57 bits per heavy atom. The summed E-state index contributed by atoms with van der Waals surface area (Å²) in [4.78, 5) is 4.72. The first kappa shape index (κ1) is 15.5. The Labute approximate surface area is 137 Å². The minimum absolute atomic E-state index is 0.193. The third-order valence-electron chi connectivity index (χ3n) is 4.37. The van der Waals surface area contributed by atoms with Crippen molar-refractivity contribution in [3.05, 3.63) is 48.0 Å². The normalized spacial score (nSPS) is 17.6. The third kappa shape index (κ3) is 3.21. The van der Waals surface area contributed by atoms with E-state index >= 15 is 0 Å². The van der Waals surface area contributed by atoms with Crippen LogP contribution >= 0.6 is 0 Å². The molecule has 0 saturated carbocycles. The van der Waals surface area contributed by atoms with Crippen LogP contribution in [0.25, 0.3) is 0 Å². The van der Waals surface area contributed by atoms with Crippen molar-refractivity contribution in [2.45, 2.75) is 13.5 Å². The highest BCUT2D eigenvalue weighted by atomic mass is 16.5. The highest BCUT2D eigenvalue weighted by molar-refractivity contribution is 5.72. The third-order valence-corrected chi connectivity index (χ3v) is 4.37. The number of methoxy groups -OCH3 is 1. The number of nitrogens with zero attached hydrogens (tertiary/aromatic N) is 2. The standard InChI is InChI=1S/C19H24N2O2/c1-14-11-20(2)16-6-4-5-7-17(16)21(12-14)13-15-8-9-19(23-3)18(22)10-15/h4-10,14,22H,11-13H2,1-3H3/t14-/m1/s1. The summed E-state index contributed by atoms with van der Waals surface area (Å²) in [6, 6.07) is 14.1. The monoisotopic (exact) mass is 312 g/mol. The molecule has 0 aliphatic carbocycles. The van der Waals surface area contributed by atoms with E-state index in [4.69, 9.17) is 4.74 Å². The van der Waals surface area contributed by atoms with Gasteiger partial charge in [0.2, 0.25) is 0 Å². The molecule has 0 spiro atoms. The smallest absolute Gasteiger partial charge is 0.160 e. The molecule has 3 rings (SSSR count). The molecule has 1 atom stereocenters. The maximum Gasteiger partial charge on any atom is 0.160 e. The van der Waals surface area contributed by atoms with Gasteiger partial charge in [0, 0.05) is 26.7 Å². The van der Waals surface area contributed by atoms with Gasteiger partial charge >= 0.3 is 0 Å². The number of rotatable bonds is 3. The molecular weight excluding hydrogens is 288 g/mol. The molecule has 0 saturated heterocycles. The van der Waals surface area contributed by atoms with Crippen molar-refractivity contribution in [2.24, 2.45) is 5.92 Å². The largest absolute Gasteiger partial charge is 0.504 e. The summed E-state index contributed by atoms with van der Waals surface area (Å²) in [5, 5.41) is 10.0. The topological polar surface area (TPSA) is 35.9 Å². The molecule has 0 bridgehead atoms. The van der Waals surface area contributed by atoms with Crippen LogP contribution in [0, 0.1) is 5.92 Å². The average Bonchev–Trinajstić information content (AvgIpc) is 2.65. The predicted molar refractivity (Wildman–Crippen MR) is 94.6 cm³/mol. The van der Waals surface area contributed by atoms with Crippen molar-refractivity contribution in [1.82, 2.24) is 0 Å². The summed E-state index contributed by atoms with van der Waals surface area (Å²) in [6.45, 7) is 5.09. The lowest BCUT2D eigenvalue weighted by Crippen LogP contribution is -2.29. The molecule has 1 aliphatic heterocycles. The van der Waals surface area contributed by atoms with Gasteiger partial charge in [0.15, 0.2) is 11.5 Å². The molecule has 0 aromatic heterocycles. The molecule has 2 aromatic carbocycles. The van der Waals surface area contributed by atoms with Gasteiger partial charge in [0.1, 0.15) is 0 Å². The molecule has 0 fully saturated rings. The van der Waals surface area contributed by atoms with Gasteiger partial charge in [-0.1, -0.05) is 25.1 Å². The number of ether oxygens (including phenoxy) is 1. The van der Waals surface area contributed by atoms with E-state index < -0.39 is 0 Å². The number of para-hydroxylation sites is 2. The second-order valence-corrected chi connectivity index (χ2v) is 6.36. The van der Waals surface area contributed by atoms with Crippen LogP contribution in [0.2, 0.25) is 0 Å². The van der Waals surface area contributed by atoms with Crippen LogP contribution in [0.4, 0.5) is 11.4 Å². The van der Waals surface area contributed by atoms with Gasteiger partial charge in [-0.15, -0.1) is 0 Å². The second kappa shape index (κ2) is 6.41. The van der Waals surface area contributed by atoms with Crippen molar-refractivity contribution in [3.63, 3.8) is 0 Å². The Balaban J connectivity index is 1.92. The SMILES string of the molecule is COc1ccc(CN2C[C@H](C)CN(C)c3ccccc32)cc1O. The lowest BCUT2D eigenvalue weighted by molar-refractivity contribution is 0.373. The van der Waals surface area contributed by atoms with E-state index in [0.717, 1.165) is 25.2 Å². The van der Waals surface area contributed by atoms with Gasteiger partial charge in [-0.25, -0.2) is 0 Å². The first-order valence-corrected chi connectivity index (χ1v) is 7.99. The number of fused-ring (bicyclic) bond motifs is 1. The van der Waals surface area contributed by atoms with E-state index in [0.29, 0.717) is 11.7 Å². The van der Waals surface area contributed by atoms with Crippen LogP contribution in [0.3, 0.4) is 0 Å². The maximum atomic E-state index is 10.0. The fourth-order valence-corrected chi connectivity index (χ4v) is 3.36. The van der Waals surface area contributed by atoms with Crippen molar-refractivity contribution < 1.29 is 9.84 Å². The van der Waals surface area contributed by atoms with Crippen molar-refractivity contribution >= 4 is 11.4 Å². The number of benzene rings is 2. The number of hydrogen-bond acceptors (Lipinski definition) is 4. The fourth-order valence-electron chi connectivity index (χ4n) is 3.36. The molecule has 1 aliphatic rings. The van der Waals surface area contributed by atoms with Gasteiger partial charge in [0.25, 0.3) is 0 Å². The minimum Gasteiger partial charge on any atom is -0.504 e. The van der Waals surface area contributed by atoms with E-state index in [9.17, 15) is 5.11 Å². The molecule has 1 heterocycles. The van der Waals surface area contributed by atoms with Gasteiger partial charge < -0.3 is 19.6 Å². The average molecular weight is 312 g/mol. The Morgan fingerprint density at radius 2 is 1.87 bits per heavy atom. The number of hydrogen-bond donors (Lipinski definition) is 1. The molecule has 1 N–H and O–H groups in total. The summed E-state index contributed by atoms with van der Waals surface area (Å²) in [6.07, 6.45) is 0. The fraction of sp³-hybridized carbons (Fsp3) is 0.368. The van der Waals surface area contributed by atoms with Crippen LogP contribution < -0.4 is 14.5 Å². The molecular formula is C19H24N2O2. The highest BCUT2D eigenvalue weighted by Gasteiger charge is 2.22. The van der Waals surface area contributed by atoms with E-state index in [1.807, 2.05) is 12.1 Å². The first-order chi connectivity index (χ1) is 11.1. The summed E-state index contributed by atoms with van der Waals surface area (Å²) in [7, 11) is 3.72. The molecule has 4 heteroatoms. The zero-order valence-corrected chi connectivity index (χ0v) is 14.0. The summed E-state index contributed by atoms with van der Waals surface area (Å²) in [5.74, 6) is 1.27. The second-order valence-electron chi connectivity index (χ2n) is 6.36. The van der Waals surface area contributed by atoms with Crippen molar-refractivity contribution in [3.8, 4) is 11.5 Å². The van der Waals surface area contributed by atoms with Crippen molar-refractivity contribution in [1.29, 1.82) is 0 Å². The van der Waals surface area contributed by atoms with E-state index in [2.05, 4.69) is 48.0 Å². The zero-order chi connectivity index (χ0) is 16.4. The van der Waals surface area contributed by atoms with Gasteiger partial charge in [-0.2, -0.15) is 0 Å². The Hall–Kier alpha value is -2.36. The molecule has 23 heavy (non-hydrogen) atoms. The van der Waals surface area contributed by atoms with Gasteiger partial charge in [-0.3, -0.25) is 0 Å². The van der Waals surface area contributed by atoms with E-state index in [1.165, 1.54) is 11.4 Å². The molecule has 122 valence electrons. The summed E-state index contributed by atoms with van der Waals surface area (Å²) in [5.41, 5.74) is 3.58. The Kier molecular flexibility index (Phi) is 4.33. The molecule has 0 radical (unpaired) electrons. The van der Waals surface area contributed by atoms with E-state index in [1.54, 1.807) is 13.2 Å². The van der Waals surface area contributed by atoms with Crippen LogP contribution in [0.15, 0.2) is 42.5 Å². The summed E-state index contributed by atoms with van der Waals surface area (Å²) >= 11 is 0. The zero-order valence-electron chi connectivity index (χ0n) is 14.0. The van der Waals surface area contributed by atoms with E-state index in [-0.39, 0.29) is 5.75 Å². The molecule has 0 amide bonds. The number of aromatic hydroxyl groups is 1. The van der Waals surface area contributed by atoms with Gasteiger partial charge in [-0.05, 0) is 35.7 Å². The number of anilines is 2. The summed E-state index contributed by atoms with van der Waals surface area (Å²) < 4.78 is 5.13. The van der Waals surface area contributed by atoms with Crippen molar-refractivity contribution in [2.75, 3.05) is 37.0 Å². The molecule has 2 aromatic rings. The molecule has 4 nitrogen and oxygen atoms in total. The Bertz CT molecular complexity index is 687. The number of phenolic OH excluding ortho intramolecular Hbond substituents is 1. The predicted octanol–water partition coefficient (Wildman–Crippen LogP) is 3.49. The highest BCUT2D eigenvalue weighted by Crippen LogP contribution is 2.34. The van der Waals surface area contributed by atoms with Crippen LogP contribution in [0.1, 0.15) is 12.5 Å². The minimum atomic E-state index is 0.193. The maximum absolute atomic E-state index is 10.0. The van der Waals surface area contributed by atoms with Gasteiger partial charge in [0.05, 0.1) is 18.5 Å². The quantitative estimate of drug-likeness (QED) is 0.941. The number of phenols is 1. The lowest BCUT2D eigenvalue weighted by atomic mass is 10.1.